The van der Waals surface area contributed by atoms with Crippen molar-refractivity contribution in [3.8, 4) is 11.5 Å². The van der Waals surface area contributed by atoms with Crippen molar-refractivity contribution in [1.82, 2.24) is 10.6 Å². The molecule has 1 aromatic carbocycles. The molecule has 1 saturated heterocycles. The third-order valence-corrected chi connectivity index (χ3v) is 5.48. The fourth-order valence-corrected chi connectivity index (χ4v) is 3.73. The quantitative estimate of drug-likeness (QED) is 0.341. The number of carbonyl (C=O) groups excluding carboxylic acids is 3. The minimum atomic E-state index is -0.572. The van der Waals surface area contributed by atoms with Crippen molar-refractivity contribution in [2.24, 2.45) is 0 Å². The van der Waals surface area contributed by atoms with Crippen LogP contribution in [0.25, 0.3) is 0 Å². The fraction of sp³-hybridized carbons (Fsp3) is 0.550. The summed E-state index contributed by atoms with van der Waals surface area (Å²) < 4.78 is 10.9. The highest BCUT2D eigenvalue weighted by Crippen LogP contribution is 2.32. The van der Waals surface area contributed by atoms with Crippen LogP contribution in [-0.4, -0.2) is 76.4 Å². The number of hydrogen-bond donors (Lipinski definition) is 5. The van der Waals surface area contributed by atoms with Gasteiger partial charge in [0.1, 0.15) is 39.4 Å². The summed E-state index contributed by atoms with van der Waals surface area (Å²) >= 11 is 0. The van der Waals surface area contributed by atoms with E-state index in [1.165, 1.54) is 4.90 Å². The van der Waals surface area contributed by atoms with Crippen molar-refractivity contribution >= 4 is 23.5 Å². The second-order valence-electron chi connectivity index (χ2n) is 8.06. The van der Waals surface area contributed by atoms with Crippen LogP contribution in [0.1, 0.15) is 12.8 Å². The Labute approximate surface area is 174 Å². The molecule has 5 N–H and O–H groups in total. The molecule has 0 bridgehead atoms. The number of nitrogens with one attached hydrogen (secondary N) is 5. The highest BCUT2D eigenvalue weighted by Gasteiger charge is 2.29. The molecule has 10 nitrogen and oxygen atoms in total. The molecule has 0 spiro atoms. The van der Waals surface area contributed by atoms with Gasteiger partial charge in [-0.05, 0) is 25.0 Å². The van der Waals surface area contributed by atoms with Gasteiger partial charge in [0.2, 0.25) is 0 Å². The van der Waals surface area contributed by atoms with Gasteiger partial charge in [-0.3, -0.25) is 14.9 Å². The van der Waals surface area contributed by atoms with Gasteiger partial charge in [0.05, 0.1) is 0 Å². The minimum Gasteiger partial charge on any atom is -0.486 e. The van der Waals surface area contributed by atoms with Gasteiger partial charge < -0.3 is 29.9 Å². The van der Waals surface area contributed by atoms with Gasteiger partial charge in [-0.2, -0.15) is 0 Å². The smallest absolute Gasteiger partial charge is 0.326 e. The number of benzene rings is 1. The Balaban J connectivity index is 1.16. The fourth-order valence-electron chi connectivity index (χ4n) is 3.73. The van der Waals surface area contributed by atoms with Crippen LogP contribution in [-0.2, 0) is 9.59 Å². The number of imide groups is 1. The number of ether oxygens (including phenoxy) is 2. The van der Waals surface area contributed by atoms with Crippen LogP contribution in [0.3, 0.4) is 0 Å². The number of rotatable bonds is 6. The first kappa shape index (κ1) is 20.4. The average Bonchev–Trinajstić information content (AvgIpc) is 3.53. The van der Waals surface area contributed by atoms with Gasteiger partial charge in [0, 0.05) is 17.8 Å². The molecule has 0 aromatic heterocycles. The maximum atomic E-state index is 12.2. The standard InChI is InChI=1S/C20H27N5O5/c26-18(21-14-1-2-14)12-24-5-7-25(8-6-24)13-19(27)23-20(28)22-15-3-4-16-17(11-15)30-10-9-29-16/h3-4,11,14H,1-2,5-10,12-13H2,(H,21,26)(H2,22,23,27,28)/p+2. The molecule has 0 atom stereocenters. The summed E-state index contributed by atoms with van der Waals surface area (Å²) in [5.41, 5.74) is 0.526. The zero-order valence-corrected chi connectivity index (χ0v) is 16.9. The summed E-state index contributed by atoms with van der Waals surface area (Å²) in [5.74, 6) is 0.999. The van der Waals surface area contributed by atoms with Crippen LogP contribution >= 0.6 is 0 Å². The number of carbonyl (C=O) groups is 3. The Morgan fingerprint density at radius 3 is 2.20 bits per heavy atom. The molecular weight excluding hydrogens is 390 g/mol. The van der Waals surface area contributed by atoms with Crippen LogP contribution < -0.4 is 35.2 Å². The zero-order valence-electron chi connectivity index (χ0n) is 16.9. The Hall–Kier alpha value is -2.85. The molecule has 0 radical (unpaired) electrons. The maximum Gasteiger partial charge on any atom is 0.326 e. The van der Waals surface area contributed by atoms with Gasteiger partial charge >= 0.3 is 6.03 Å². The molecule has 10 heteroatoms. The monoisotopic (exact) mass is 419 g/mol. The first-order valence-corrected chi connectivity index (χ1v) is 10.5. The van der Waals surface area contributed by atoms with E-state index in [0.717, 1.165) is 43.9 Å². The number of urea groups is 1. The normalized spacial score (nSPS) is 22.7. The molecule has 1 aromatic rings. The molecule has 2 fully saturated rings. The summed E-state index contributed by atoms with van der Waals surface area (Å²) in [6, 6.07) is 4.91. The minimum absolute atomic E-state index is 0.115. The van der Waals surface area contributed by atoms with E-state index in [1.54, 1.807) is 18.2 Å². The molecule has 1 saturated carbocycles. The molecule has 4 amide bonds. The molecule has 2 aliphatic heterocycles. The number of hydrogen-bond acceptors (Lipinski definition) is 5. The second kappa shape index (κ2) is 9.31. The number of anilines is 1. The summed E-state index contributed by atoms with van der Waals surface area (Å²) in [4.78, 5) is 38.6. The Bertz CT molecular complexity index is 805. The zero-order chi connectivity index (χ0) is 20.9. The first-order chi connectivity index (χ1) is 14.5. The van der Waals surface area contributed by atoms with Crippen LogP contribution in [0.2, 0.25) is 0 Å². The molecule has 1 aliphatic carbocycles. The van der Waals surface area contributed by atoms with E-state index < -0.39 is 6.03 Å². The van der Waals surface area contributed by atoms with Gasteiger partial charge in [0.25, 0.3) is 11.8 Å². The van der Waals surface area contributed by atoms with Crippen molar-refractivity contribution in [1.29, 1.82) is 0 Å². The summed E-state index contributed by atoms with van der Waals surface area (Å²) in [6.07, 6.45) is 2.19. The Kier molecular flexibility index (Phi) is 6.34. The summed E-state index contributed by atoms with van der Waals surface area (Å²) in [7, 11) is 0. The van der Waals surface area contributed by atoms with E-state index in [0.29, 0.717) is 43.0 Å². The topological polar surface area (TPSA) is 115 Å². The van der Waals surface area contributed by atoms with E-state index >= 15 is 0 Å². The van der Waals surface area contributed by atoms with Crippen molar-refractivity contribution < 1.29 is 33.7 Å². The predicted molar refractivity (Wildman–Crippen MR) is 107 cm³/mol. The molecular formula is C20H29N5O5+2. The van der Waals surface area contributed by atoms with Crippen molar-refractivity contribution in [3.05, 3.63) is 18.2 Å². The number of fused-ring (bicyclic) bond motifs is 1. The number of piperazine rings is 1. The third kappa shape index (κ3) is 5.83. The van der Waals surface area contributed by atoms with E-state index in [4.69, 9.17) is 9.47 Å². The lowest BCUT2D eigenvalue weighted by Crippen LogP contribution is -3.28. The predicted octanol–water partition coefficient (Wildman–Crippen LogP) is -2.83. The van der Waals surface area contributed by atoms with Crippen molar-refractivity contribution in [2.75, 3.05) is 57.8 Å². The van der Waals surface area contributed by atoms with Gasteiger partial charge in [-0.15, -0.1) is 0 Å². The Morgan fingerprint density at radius 1 is 0.900 bits per heavy atom. The summed E-state index contributed by atoms with van der Waals surface area (Å²) in [6.45, 7) is 4.95. The molecule has 3 aliphatic rings. The van der Waals surface area contributed by atoms with Gasteiger partial charge in [0.15, 0.2) is 24.6 Å². The SMILES string of the molecule is O=C(C[NH+]1CC[NH+](CC(=O)NC2CC2)CC1)NC(=O)Nc1ccc2c(c1)OCCO2. The van der Waals surface area contributed by atoms with E-state index in [2.05, 4.69) is 16.0 Å². The lowest BCUT2D eigenvalue weighted by atomic mass is 10.2. The molecule has 4 rings (SSSR count). The third-order valence-electron chi connectivity index (χ3n) is 5.48. The summed E-state index contributed by atoms with van der Waals surface area (Å²) in [5, 5.41) is 8.03. The van der Waals surface area contributed by atoms with E-state index in [9.17, 15) is 14.4 Å². The van der Waals surface area contributed by atoms with Crippen molar-refractivity contribution in [3.63, 3.8) is 0 Å². The average molecular weight is 419 g/mol. The van der Waals surface area contributed by atoms with Crippen LogP contribution in [0.15, 0.2) is 18.2 Å². The van der Waals surface area contributed by atoms with Crippen molar-refractivity contribution in [2.45, 2.75) is 18.9 Å². The first-order valence-electron chi connectivity index (χ1n) is 10.5. The maximum absolute atomic E-state index is 12.2. The highest BCUT2D eigenvalue weighted by molar-refractivity contribution is 6.01. The van der Waals surface area contributed by atoms with E-state index in [-0.39, 0.29) is 18.4 Å². The van der Waals surface area contributed by atoms with Crippen LogP contribution in [0, 0.1) is 0 Å². The number of quaternary nitrogens is 2. The largest absolute Gasteiger partial charge is 0.486 e. The molecule has 0 unspecified atom stereocenters. The lowest BCUT2D eigenvalue weighted by Gasteiger charge is -2.28. The highest BCUT2D eigenvalue weighted by atomic mass is 16.6. The Morgan fingerprint density at radius 2 is 1.53 bits per heavy atom. The van der Waals surface area contributed by atoms with Gasteiger partial charge in [-0.1, -0.05) is 0 Å². The lowest BCUT2D eigenvalue weighted by molar-refractivity contribution is -1.00. The van der Waals surface area contributed by atoms with Crippen LogP contribution in [0.5, 0.6) is 11.5 Å². The molecule has 2 heterocycles. The van der Waals surface area contributed by atoms with E-state index in [1.807, 2.05) is 0 Å². The van der Waals surface area contributed by atoms with Gasteiger partial charge in [-0.25, -0.2) is 4.79 Å². The molecule has 30 heavy (non-hydrogen) atoms. The van der Waals surface area contributed by atoms with Crippen LogP contribution in [0.4, 0.5) is 10.5 Å². The number of amides is 4. The molecule has 162 valence electrons. The second-order valence-corrected chi connectivity index (χ2v) is 8.06.